The van der Waals surface area contributed by atoms with Crippen molar-refractivity contribution < 1.29 is 9.59 Å². The highest BCUT2D eigenvalue weighted by molar-refractivity contribution is 6.33. The Morgan fingerprint density at radius 3 is 2.62 bits per heavy atom. The van der Waals surface area contributed by atoms with Gasteiger partial charge >= 0.3 is 0 Å². The molecule has 178 valence electrons. The monoisotopic (exact) mass is 479 g/mol. The summed E-state index contributed by atoms with van der Waals surface area (Å²) in [6.07, 6.45) is 6.35. The molecule has 7 nitrogen and oxygen atoms in total. The SMILES string of the molecule is O=C1CC(c2ccccc2)NCCCCN(C(=O)c2cc(-n3cccn3)ccc2Cl)CCCN1. The summed E-state index contributed by atoms with van der Waals surface area (Å²) < 4.78 is 1.71. The lowest BCUT2D eigenvalue weighted by atomic mass is 10.0. The van der Waals surface area contributed by atoms with Crippen molar-refractivity contribution in [3.8, 4) is 5.69 Å². The molecule has 1 aromatic heterocycles. The summed E-state index contributed by atoms with van der Waals surface area (Å²) in [6.45, 7) is 2.47. The second-order valence-corrected chi connectivity index (χ2v) is 8.85. The molecule has 1 unspecified atom stereocenters. The van der Waals surface area contributed by atoms with Crippen molar-refractivity contribution in [1.29, 1.82) is 0 Å². The van der Waals surface area contributed by atoms with Gasteiger partial charge in [0, 0.05) is 44.5 Å². The van der Waals surface area contributed by atoms with Crippen LogP contribution in [-0.4, -0.2) is 52.7 Å². The molecule has 3 aromatic rings. The lowest BCUT2D eigenvalue weighted by Crippen LogP contribution is -2.35. The van der Waals surface area contributed by atoms with Crippen LogP contribution in [0.5, 0.6) is 0 Å². The molecule has 1 aliphatic rings. The van der Waals surface area contributed by atoms with Crippen LogP contribution in [0, 0.1) is 0 Å². The highest BCUT2D eigenvalue weighted by atomic mass is 35.5. The van der Waals surface area contributed by atoms with Crippen molar-refractivity contribution in [2.45, 2.75) is 31.7 Å². The summed E-state index contributed by atoms with van der Waals surface area (Å²) in [5.41, 5.74) is 2.35. The average molecular weight is 480 g/mol. The number of halogens is 1. The van der Waals surface area contributed by atoms with E-state index in [1.54, 1.807) is 23.0 Å². The molecule has 2 heterocycles. The van der Waals surface area contributed by atoms with Crippen molar-refractivity contribution in [2.75, 3.05) is 26.2 Å². The van der Waals surface area contributed by atoms with Gasteiger partial charge in [-0.2, -0.15) is 5.10 Å². The van der Waals surface area contributed by atoms with Crippen LogP contribution in [0.4, 0.5) is 0 Å². The maximum atomic E-state index is 13.4. The summed E-state index contributed by atoms with van der Waals surface area (Å²) in [5.74, 6) is -0.0937. The Labute approximate surface area is 205 Å². The van der Waals surface area contributed by atoms with Crippen LogP contribution in [-0.2, 0) is 4.79 Å². The zero-order valence-corrected chi connectivity index (χ0v) is 19.9. The van der Waals surface area contributed by atoms with E-state index in [2.05, 4.69) is 15.7 Å². The van der Waals surface area contributed by atoms with Crippen molar-refractivity contribution in [2.24, 2.45) is 0 Å². The third-order valence-corrected chi connectivity index (χ3v) is 6.33. The second kappa shape index (κ2) is 11.8. The van der Waals surface area contributed by atoms with E-state index < -0.39 is 0 Å². The lowest BCUT2D eigenvalue weighted by molar-refractivity contribution is -0.121. The fourth-order valence-corrected chi connectivity index (χ4v) is 4.38. The van der Waals surface area contributed by atoms with Gasteiger partial charge in [0.1, 0.15) is 0 Å². The predicted octanol–water partition coefficient (Wildman–Crippen LogP) is 3.99. The Hall–Kier alpha value is -3.16. The van der Waals surface area contributed by atoms with E-state index in [0.717, 1.165) is 30.6 Å². The molecule has 2 aromatic carbocycles. The van der Waals surface area contributed by atoms with Crippen molar-refractivity contribution in [3.05, 3.63) is 83.1 Å². The first-order valence-electron chi connectivity index (χ1n) is 11.8. The molecule has 0 saturated carbocycles. The summed E-state index contributed by atoms with van der Waals surface area (Å²) in [4.78, 5) is 27.8. The van der Waals surface area contributed by atoms with Crippen LogP contribution in [0.2, 0.25) is 5.02 Å². The normalized spacial score (nSPS) is 18.3. The molecular formula is C26H30ClN5O2. The van der Waals surface area contributed by atoms with Crippen LogP contribution in [0.3, 0.4) is 0 Å². The molecule has 1 atom stereocenters. The number of nitrogens with one attached hydrogen (secondary N) is 2. The molecule has 2 amide bonds. The topological polar surface area (TPSA) is 79.3 Å². The zero-order valence-electron chi connectivity index (χ0n) is 19.1. The summed E-state index contributed by atoms with van der Waals surface area (Å²) in [6, 6.07) is 17.2. The minimum absolute atomic E-state index is 0.00782. The van der Waals surface area contributed by atoms with Gasteiger partial charge in [0.2, 0.25) is 5.91 Å². The van der Waals surface area contributed by atoms with Crippen molar-refractivity contribution >= 4 is 23.4 Å². The van der Waals surface area contributed by atoms with E-state index in [1.807, 2.05) is 53.6 Å². The minimum atomic E-state index is -0.102. The van der Waals surface area contributed by atoms with E-state index in [4.69, 9.17) is 11.6 Å². The van der Waals surface area contributed by atoms with Gasteiger partial charge in [-0.05, 0) is 55.6 Å². The number of amides is 2. The lowest BCUT2D eigenvalue weighted by Gasteiger charge is -2.24. The van der Waals surface area contributed by atoms with Gasteiger partial charge in [-0.3, -0.25) is 9.59 Å². The van der Waals surface area contributed by atoms with E-state index in [9.17, 15) is 9.59 Å². The second-order valence-electron chi connectivity index (χ2n) is 8.44. The third-order valence-electron chi connectivity index (χ3n) is 6.00. The number of benzene rings is 2. The Balaban J connectivity index is 1.45. The van der Waals surface area contributed by atoms with Gasteiger partial charge in [0.05, 0.1) is 16.3 Å². The summed E-state index contributed by atoms with van der Waals surface area (Å²) in [5, 5.41) is 11.2. The Kier molecular flexibility index (Phi) is 8.33. The first kappa shape index (κ1) is 24.0. The maximum absolute atomic E-state index is 13.4. The van der Waals surface area contributed by atoms with Crippen LogP contribution in [0.15, 0.2) is 67.0 Å². The molecule has 8 heteroatoms. The zero-order chi connectivity index (χ0) is 23.8. The van der Waals surface area contributed by atoms with E-state index in [-0.39, 0.29) is 17.9 Å². The van der Waals surface area contributed by atoms with Crippen LogP contribution >= 0.6 is 11.6 Å². The predicted molar refractivity (Wildman–Crippen MR) is 133 cm³/mol. The van der Waals surface area contributed by atoms with Crippen LogP contribution in [0.25, 0.3) is 5.69 Å². The van der Waals surface area contributed by atoms with Crippen LogP contribution in [0.1, 0.15) is 47.6 Å². The fourth-order valence-electron chi connectivity index (χ4n) is 4.18. The van der Waals surface area contributed by atoms with Gasteiger partial charge in [-0.25, -0.2) is 4.68 Å². The van der Waals surface area contributed by atoms with Gasteiger partial charge in [0.15, 0.2) is 0 Å². The first-order chi connectivity index (χ1) is 16.6. The number of nitrogens with zero attached hydrogens (tertiary/aromatic N) is 3. The van der Waals surface area contributed by atoms with E-state index >= 15 is 0 Å². The standard InChI is InChI=1S/C26H30ClN5O2/c27-23-11-10-21(32-17-7-14-30-32)18-22(23)26(34)31-15-5-4-12-28-24(20-8-2-1-3-9-20)19-25(33)29-13-6-16-31/h1-3,7-11,14,17-18,24,28H,4-6,12-13,15-16,19H2,(H,29,33). The highest BCUT2D eigenvalue weighted by Crippen LogP contribution is 2.22. The molecule has 34 heavy (non-hydrogen) atoms. The fraction of sp³-hybridized carbons (Fsp3) is 0.346. The molecule has 1 aliphatic heterocycles. The third kappa shape index (κ3) is 6.24. The van der Waals surface area contributed by atoms with Crippen LogP contribution < -0.4 is 10.6 Å². The van der Waals surface area contributed by atoms with Gasteiger partial charge in [-0.1, -0.05) is 41.9 Å². The highest BCUT2D eigenvalue weighted by Gasteiger charge is 2.21. The smallest absolute Gasteiger partial charge is 0.255 e. The Morgan fingerprint density at radius 1 is 1.00 bits per heavy atom. The molecule has 0 aliphatic carbocycles. The van der Waals surface area contributed by atoms with E-state index in [1.165, 1.54) is 0 Å². The quantitative estimate of drug-likeness (QED) is 0.595. The number of aromatic nitrogens is 2. The number of carbonyl (C=O) groups is 2. The van der Waals surface area contributed by atoms with Gasteiger partial charge in [0.25, 0.3) is 5.91 Å². The first-order valence-corrected chi connectivity index (χ1v) is 12.1. The largest absolute Gasteiger partial charge is 0.356 e. The number of rotatable bonds is 3. The maximum Gasteiger partial charge on any atom is 0.255 e. The molecule has 0 bridgehead atoms. The molecule has 0 spiro atoms. The average Bonchev–Trinajstić information content (AvgIpc) is 3.40. The van der Waals surface area contributed by atoms with E-state index in [0.29, 0.717) is 43.1 Å². The minimum Gasteiger partial charge on any atom is -0.356 e. The molecular weight excluding hydrogens is 450 g/mol. The molecule has 1 fully saturated rings. The molecule has 1 saturated heterocycles. The summed E-state index contributed by atoms with van der Waals surface area (Å²) in [7, 11) is 0. The number of hydrogen-bond acceptors (Lipinski definition) is 4. The molecule has 0 radical (unpaired) electrons. The molecule has 4 rings (SSSR count). The number of hydrogen-bond donors (Lipinski definition) is 2. The Morgan fingerprint density at radius 2 is 1.82 bits per heavy atom. The van der Waals surface area contributed by atoms with Crippen molar-refractivity contribution in [1.82, 2.24) is 25.3 Å². The molecule has 2 N–H and O–H groups in total. The van der Waals surface area contributed by atoms with Crippen molar-refractivity contribution in [3.63, 3.8) is 0 Å². The number of carbonyl (C=O) groups excluding carboxylic acids is 2. The van der Waals surface area contributed by atoms with Gasteiger partial charge < -0.3 is 15.5 Å². The Bertz CT molecular complexity index is 1090. The van der Waals surface area contributed by atoms with Gasteiger partial charge in [-0.15, -0.1) is 0 Å². The summed E-state index contributed by atoms with van der Waals surface area (Å²) >= 11 is 6.42.